The zero-order chi connectivity index (χ0) is 19.4. The summed E-state index contributed by atoms with van der Waals surface area (Å²) in [6.45, 7) is 0.836. The number of β-amino-alcohol motifs (C(OH)–C–C–N with tert-alkyl or cyclic N) is 1. The van der Waals surface area contributed by atoms with Gasteiger partial charge in [-0.3, -0.25) is 0 Å². The number of aromatic nitrogens is 1. The first-order chi connectivity index (χ1) is 13.1. The zero-order valence-corrected chi connectivity index (χ0v) is 15.1. The Morgan fingerprint density at radius 2 is 2.07 bits per heavy atom. The number of hydrogen-bond donors (Lipinski definition) is 1. The van der Waals surface area contributed by atoms with E-state index in [1.807, 2.05) is 4.90 Å². The van der Waals surface area contributed by atoms with Crippen LogP contribution in [0.3, 0.4) is 0 Å². The summed E-state index contributed by atoms with van der Waals surface area (Å²) in [7, 11) is 2.89. The van der Waals surface area contributed by atoms with Crippen molar-refractivity contribution in [3.05, 3.63) is 41.8 Å². The zero-order valence-electron chi connectivity index (χ0n) is 15.1. The predicted molar refractivity (Wildman–Crippen MR) is 95.7 cm³/mol. The van der Waals surface area contributed by atoms with Crippen molar-refractivity contribution in [2.24, 2.45) is 0 Å². The average molecular weight is 373 g/mol. The number of benzene rings is 1. The third-order valence-corrected chi connectivity index (χ3v) is 4.46. The van der Waals surface area contributed by atoms with Crippen LogP contribution >= 0.6 is 0 Å². The van der Waals surface area contributed by atoms with Crippen LogP contribution in [0, 0.1) is 17.1 Å². The van der Waals surface area contributed by atoms with E-state index in [1.54, 1.807) is 12.3 Å². The fraction of sp³-hybridized carbons (Fsp3) is 0.368. The van der Waals surface area contributed by atoms with Gasteiger partial charge in [0.05, 0.1) is 19.9 Å². The largest absolute Gasteiger partial charge is 0.493 e. The first-order valence-electron chi connectivity index (χ1n) is 8.43. The molecule has 1 aromatic heterocycles. The van der Waals surface area contributed by atoms with E-state index in [-0.39, 0.29) is 18.2 Å². The van der Waals surface area contributed by atoms with Gasteiger partial charge in [-0.05, 0) is 18.2 Å². The molecule has 0 unspecified atom stereocenters. The van der Waals surface area contributed by atoms with Gasteiger partial charge in [-0.2, -0.15) is 5.26 Å². The normalized spacial score (nSPS) is 19.3. The minimum atomic E-state index is -0.806. The highest BCUT2D eigenvalue weighted by Crippen LogP contribution is 2.32. The summed E-state index contributed by atoms with van der Waals surface area (Å²) in [5.74, 6) is 0.471. The first kappa shape index (κ1) is 18.7. The lowest BCUT2D eigenvalue weighted by Crippen LogP contribution is -2.49. The molecule has 0 saturated carbocycles. The molecule has 142 valence electrons. The molecule has 8 heteroatoms. The van der Waals surface area contributed by atoms with E-state index in [2.05, 4.69) is 11.1 Å². The minimum Gasteiger partial charge on any atom is -0.493 e. The summed E-state index contributed by atoms with van der Waals surface area (Å²) in [5.41, 5.74) is 0.980. The maximum Gasteiger partial charge on any atom is 0.233 e. The van der Waals surface area contributed by atoms with Crippen molar-refractivity contribution < 1.29 is 23.7 Å². The molecule has 0 spiro atoms. The Morgan fingerprint density at radius 1 is 1.26 bits per heavy atom. The van der Waals surface area contributed by atoms with Crippen molar-refractivity contribution in [1.82, 2.24) is 4.98 Å². The Bertz CT molecular complexity index is 855. The molecule has 1 saturated heterocycles. The molecule has 0 bridgehead atoms. The van der Waals surface area contributed by atoms with Crippen LogP contribution in [0.1, 0.15) is 12.0 Å². The van der Waals surface area contributed by atoms with Gasteiger partial charge in [-0.1, -0.05) is 0 Å². The maximum atomic E-state index is 13.3. The van der Waals surface area contributed by atoms with Crippen LogP contribution in [-0.4, -0.2) is 49.6 Å². The second-order valence-electron chi connectivity index (χ2n) is 6.08. The molecule has 2 atom stereocenters. The van der Waals surface area contributed by atoms with Crippen LogP contribution in [0.25, 0.3) is 0 Å². The Hall–Kier alpha value is -3.05. The molecule has 0 amide bonds. The summed E-state index contributed by atoms with van der Waals surface area (Å²) in [6, 6.07) is 7.82. The molecule has 7 nitrogen and oxygen atoms in total. The van der Waals surface area contributed by atoms with Crippen molar-refractivity contribution in [3.63, 3.8) is 0 Å². The Kier molecular flexibility index (Phi) is 5.62. The van der Waals surface area contributed by atoms with E-state index in [4.69, 9.17) is 14.2 Å². The van der Waals surface area contributed by atoms with Gasteiger partial charge in [0, 0.05) is 31.8 Å². The molecular weight excluding hydrogens is 353 g/mol. The number of aliphatic hydroxyl groups excluding tert-OH is 1. The van der Waals surface area contributed by atoms with E-state index >= 15 is 0 Å². The lowest BCUT2D eigenvalue weighted by Gasteiger charge is -2.37. The van der Waals surface area contributed by atoms with Gasteiger partial charge < -0.3 is 24.2 Å². The van der Waals surface area contributed by atoms with Gasteiger partial charge in [-0.25, -0.2) is 9.37 Å². The number of halogens is 1. The second-order valence-corrected chi connectivity index (χ2v) is 6.08. The number of pyridine rings is 1. The molecule has 2 heterocycles. The smallest absolute Gasteiger partial charge is 0.233 e. The van der Waals surface area contributed by atoms with E-state index in [0.717, 1.165) is 0 Å². The lowest BCUT2D eigenvalue weighted by molar-refractivity contribution is 0.0228. The number of ether oxygens (including phenoxy) is 3. The van der Waals surface area contributed by atoms with Crippen LogP contribution in [0.2, 0.25) is 0 Å². The fourth-order valence-corrected chi connectivity index (χ4v) is 3.12. The second kappa shape index (κ2) is 8.10. The molecule has 1 aliphatic heterocycles. The van der Waals surface area contributed by atoms with Crippen LogP contribution < -0.4 is 19.1 Å². The SMILES string of the molecule is COc1cc(F)ccc1O[C@@H]1CCN(c2ccnc(OC)c2C#N)C[C@H]1O. The van der Waals surface area contributed by atoms with Crippen LogP contribution in [0.5, 0.6) is 17.4 Å². The van der Waals surface area contributed by atoms with Gasteiger partial charge in [0.25, 0.3) is 0 Å². The summed E-state index contributed by atoms with van der Waals surface area (Å²) in [5, 5.41) is 20.0. The predicted octanol–water partition coefficient (Wildman–Crippen LogP) is 2.13. The monoisotopic (exact) mass is 373 g/mol. The van der Waals surface area contributed by atoms with E-state index in [1.165, 1.54) is 32.4 Å². The van der Waals surface area contributed by atoms with Crippen molar-refractivity contribution in [1.29, 1.82) is 5.26 Å². The topological polar surface area (TPSA) is 87.8 Å². The van der Waals surface area contributed by atoms with Gasteiger partial charge >= 0.3 is 0 Å². The Balaban J connectivity index is 1.75. The Labute approximate surface area is 156 Å². The van der Waals surface area contributed by atoms with Gasteiger partial charge in [-0.15, -0.1) is 0 Å². The third kappa shape index (κ3) is 3.88. The molecule has 0 radical (unpaired) electrons. The number of anilines is 1. The Morgan fingerprint density at radius 3 is 2.74 bits per heavy atom. The summed E-state index contributed by atoms with van der Waals surface area (Å²) in [6.07, 6.45) is 0.791. The first-order valence-corrected chi connectivity index (χ1v) is 8.43. The number of nitriles is 1. The molecule has 2 aromatic rings. The van der Waals surface area contributed by atoms with Crippen LogP contribution in [-0.2, 0) is 0 Å². The van der Waals surface area contributed by atoms with E-state index < -0.39 is 18.0 Å². The van der Waals surface area contributed by atoms with Crippen LogP contribution in [0.15, 0.2) is 30.5 Å². The molecule has 1 fully saturated rings. The average Bonchev–Trinajstić information content (AvgIpc) is 2.69. The van der Waals surface area contributed by atoms with Crippen molar-refractivity contribution >= 4 is 5.69 Å². The minimum absolute atomic E-state index is 0.249. The summed E-state index contributed by atoms with van der Waals surface area (Å²) >= 11 is 0. The maximum absolute atomic E-state index is 13.3. The summed E-state index contributed by atoms with van der Waals surface area (Å²) < 4.78 is 29.5. The molecule has 27 heavy (non-hydrogen) atoms. The van der Waals surface area contributed by atoms with Crippen molar-refractivity contribution in [2.75, 3.05) is 32.2 Å². The lowest BCUT2D eigenvalue weighted by atomic mass is 10.0. The highest BCUT2D eigenvalue weighted by atomic mass is 19.1. The van der Waals surface area contributed by atoms with E-state index in [0.29, 0.717) is 30.0 Å². The quantitative estimate of drug-likeness (QED) is 0.859. The number of methoxy groups -OCH3 is 2. The fourth-order valence-electron chi connectivity index (χ4n) is 3.12. The number of nitrogens with zero attached hydrogens (tertiary/aromatic N) is 3. The molecule has 1 N–H and O–H groups in total. The van der Waals surface area contributed by atoms with Gasteiger partial charge in [0.2, 0.25) is 5.88 Å². The number of rotatable bonds is 5. The number of hydrogen-bond acceptors (Lipinski definition) is 7. The number of aliphatic hydroxyl groups is 1. The third-order valence-electron chi connectivity index (χ3n) is 4.46. The van der Waals surface area contributed by atoms with Crippen molar-refractivity contribution in [2.45, 2.75) is 18.6 Å². The highest BCUT2D eigenvalue weighted by Gasteiger charge is 2.31. The molecule has 1 aliphatic rings. The molecule has 0 aliphatic carbocycles. The number of piperidine rings is 1. The van der Waals surface area contributed by atoms with Gasteiger partial charge in [0.1, 0.15) is 29.7 Å². The van der Waals surface area contributed by atoms with Gasteiger partial charge in [0.15, 0.2) is 11.5 Å². The molecular formula is C19H20FN3O4. The molecule has 1 aromatic carbocycles. The van der Waals surface area contributed by atoms with Crippen LogP contribution in [0.4, 0.5) is 10.1 Å². The summed E-state index contributed by atoms with van der Waals surface area (Å²) in [4.78, 5) is 5.93. The standard InChI is InChI=1S/C19H20FN3O4/c1-25-18-9-12(20)3-4-17(18)27-16-6-8-23(11-15(16)24)14-5-7-22-19(26-2)13(14)10-21/h3-5,7,9,15-16,24H,6,8,11H2,1-2H3/t15-,16-/m1/s1. The molecule has 3 rings (SSSR count). The van der Waals surface area contributed by atoms with E-state index in [9.17, 15) is 14.8 Å². The highest BCUT2D eigenvalue weighted by molar-refractivity contribution is 5.63. The van der Waals surface area contributed by atoms with Crippen molar-refractivity contribution in [3.8, 4) is 23.4 Å².